The van der Waals surface area contributed by atoms with Crippen molar-refractivity contribution in [3.8, 4) is 0 Å². The molecule has 1 aliphatic rings. The Bertz CT molecular complexity index is 304. The number of rotatable bonds is 5. The molecule has 2 rings (SSSR count). The van der Waals surface area contributed by atoms with Gasteiger partial charge in [-0.15, -0.1) is 0 Å². The molecular formula is C15H23N. The smallest absolute Gasteiger partial charge is 0.00104 e. The Morgan fingerprint density at radius 2 is 1.81 bits per heavy atom. The average molecular weight is 217 g/mol. The van der Waals surface area contributed by atoms with Crippen molar-refractivity contribution in [2.24, 2.45) is 11.8 Å². The second-order valence-electron chi connectivity index (χ2n) is 5.35. The van der Waals surface area contributed by atoms with Crippen LogP contribution in [0.3, 0.4) is 0 Å². The Hall–Kier alpha value is -0.820. The minimum atomic E-state index is 0.623. The van der Waals surface area contributed by atoms with Crippen LogP contribution in [0.25, 0.3) is 0 Å². The van der Waals surface area contributed by atoms with Crippen molar-refractivity contribution in [3.05, 3.63) is 35.9 Å². The molecule has 1 nitrogen and oxygen atoms in total. The predicted molar refractivity (Wildman–Crippen MR) is 69.5 cm³/mol. The van der Waals surface area contributed by atoms with Crippen LogP contribution in [0.15, 0.2) is 30.3 Å². The van der Waals surface area contributed by atoms with E-state index >= 15 is 0 Å². The third-order valence-electron chi connectivity index (χ3n) is 3.70. The number of hydrogen-bond acceptors (Lipinski definition) is 1. The fourth-order valence-electron chi connectivity index (χ4n) is 2.48. The molecule has 0 saturated heterocycles. The molecule has 88 valence electrons. The number of nitrogens with one attached hydrogen (secondary N) is 1. The standard InChI is InChI=1S/C15H23N/c1-12(2)16-11-15-9-8-14(15)10-13-6-4-3-5-7-13/h3-7,12,14-16H,8-11H2,1-2H3. The van der Waals surface area contributed by atoms with Gasteiger partial charge in [-0.2, -0.15) is 0 Å². The molecule has 2 atom stereocenters. The Morgan fingerprint density at radius 1 is 1.12 bits per heavy atom. The molecule has 0 aliphatic heterocycles. The molecule has 1 N–H and O–H groups in total. The third kappa shape index (κ3) is 3.08. The predicted octanol–water partition coefficient (Wildman–Crippen LogP) is 3.25. The van der Waals surface area contributed by atoms with E-state index < -0.39 is 0 Å². The minimum Gasteiger partial charge on any atom is -0.314 e. The molecule has 1 aromatic rings. The highest BCUT2D eigenvalue weighted by Crippen LogP contribution is 2.36. The lowest BCUT2D eigenvalue weighted by molar-refractivity contribution is 0.168. The summed E-state index contributed by atoms with van der Waals surface area (Å²) in [6.45, 7) is 5.66. The average Bonchev–Trinajstić information content (AvgIpc) is 2.26. The largest absolute Gasteiger partial charge is 0.314 e. The van der Waals surface area contributed by atoms with E-state index in [1.165, 1.54) is 31.4 Å². The van der Waals surface area contributed by atoms with Gasteiger partial charge in [0, 0.05) is 6.04 Å². The molecule has 2 unspecified atom stereocenters. The number of benzene rings is 1. The van der Waals surface area contributed by atoms with Gasteiger partial charge in [-0.1, -0.05) is 44.2 Å². The minimum absolute atomic E-state index is 0.623. The van der Waals surface area contributed by atoms with Gasteiger partial charge in [0.1, 0.15) is 0 Å². The molecule has 16 heavy (non-hydrogen) atoms. The fraction of sp³-hybridized carbons (Fsp3) is 0.600. The number of hydrogen-bond donors (Lipinski definition) is 1. The van der Waals surface area contributed by atoms with Crippen LogP contribution in [0, 0.1) is 11.8 Å². The molecule has 0 spiro atoms. The van der Waals surface area contributed by atoms with Gasteiger partial charge in [-0.3, -0.25) is 0 Å². The molecule has 1 saturated carbocycles. The summed E-state index contributed by atoms with van der Waals surface area (Å²) in [7, 11) is 0. The van der Waals surface area contributed by atoms with Crippen molar-refractivity contribution in [1.82, 2.24) is 5.32 Å². The van der Waals surface area contributed by atoms with Crippen molar-refractivity contribution in [3.63, 3.8) is 0 Å². The Balaban J connectivity index is 1.78. The molecule has 1 fully saturated rings. The van der Waals surface area contributed by atoms with Crippen molar-refractivity contribution >= 4 is 0 Å². The summed E-state index contributed by atoms with van der Waals surface area (Å²) in [5, 5.41) is 3.56. The van der Waals surface area contributed by atoms with E-state index in [1.54, 1.807) is 0 Å². The van der Waals surface area contributed by atoms with E-state index in [0.717, 1.165) is 11.8 Å². The maximum Gasteiger partial charge on any atom is 0.00104 e. The Kier molecular flexibility index (Phi) is 4.00. The summed E-state index contributed by atoms with van der Waals surface area (Å²) < 4.78 is 0. The van der Waals surface area contributed by atoms with Crippen LogP contribution in [0.2, 0.25) is 0 Å². The first kappa shape index (κ1) is 11.7. The van der Waals surface area contributed by atoms with Gasteiger partial charge in [0.25, 0.3) is 0 Å². The van der Waals surface area contributed by atoms with Gasteiger partial charge in [-0.05, 0) is 43.2 Å². The molecule has 0 amide bonds. The Morgan fingerprint density at radius 3 is 2.38 bits per heavy atom. The zero-order valence-corrected chi connectivity index (χ0v) is 10.4. The lowest BCUT2D eigenvalue weighted by Gasteiger charge is -2.37. The second-order valence-corrected chi connectivity index (χ2v) is 5.35. The fourth-order valence-corrected chi connectivity index (χ4v) is 2.48. The van der Waals surface area contributed by atoms with E-state index in [4.69, 9.17) is 0 Å². The monoisotopic (exact) mass is 217 g/mol. The first-order chi connectivity index (χ1) is 7.75. The van der Waals surface area contributed by atoms with Crippen LogP contribution in [0.4, 0.5) is 0 Å². The van der Waals surface area contributed by atoms with E-state index in [2.05, 4.69) is 49.5 Å². The molecular weight excluding hydrogens is 194 g/mol. The molecule has 0 radical (unpaired) electrons. The van der Waals surface area contributed by atoms with Crippen molar-refractivity contribution in [2.45, 2.75) is 39.2 Å². The maximum absolute atomic E-state index is 3.56. The molecule has 1 aromatic carbocycles. The van der Waals surface area contributed by atoms with Crippen LogP contribution in [0.5, 0.6) is 0 Å². The summed E-state index contributed by atoms with van der Waals surface area (Å²) in [6, 6.07) is 11.5. The van der Waals surface area contributed by atoms with Crippen LogP contribution in [-0.4, -0.2) is 12.6 Å². The van der Waals surface area contributed by atoms with Crippen LogP contribution < -0.4 is 5.32 Å². The normalized spacial score (nSPS) is 24.4. The van der Waals surface area contributed by atoms with E-state index in [1.807, 2.05) is 0 Å². The summed E-state index contributed by atoms with van der Waals surface area (Å²) in [5.41, 5.74) is 1.50. The van der Waals surface area contributed by atoms with Gasteiger partial charge < -0.3 is 5.32 Å². The molecule has 1 heteroatoms. The third-order valence-corrected chi connectivity index (χ3v) is 3.70. The maximum atomic E-state index is 3.56. The lowest BCUT2D eigenvalue weighted by Crippen LogP contribution is -2.38. The van der Waals surface area contributed by atoms with E-state index in [0.29, 0.717) is 6.04 Å². The second kappa shape index (κ2) is 5.49. The van der Waals surface area contributed by atoms with Crippen molar-refractivity contribution in [2.75, 3.05) is 6.54 Å². The molecule has 1 aliphatic carbocycles. The molecule has 0 bridgehead atoms. The summed E-state index contributed by atoms with van der Waals surface area (Å²) in [4.78, 5) is 0. The topological polar surface area (TPSA) is 12.0 Å². The van der Waals surface area contributed by atoms with Crippen molar-refractivity contribution < 1.29 is 0 Å². The quantitative estimate of drug-likeness (QED) is 0.798. The summed E-state index contributed by atoms with van der Waals surface area (Å²) in [5.74, 6) is 1.82. The van der Waals surface area contributed by atoms with Crippen LogP contribution in [-0.2, 0) is 6.42 Å². The highest BCUT2D eigenvalue weighted by Gasteiger charge is 2.30. The first-order valence-electron chi connectivity index (χ1n) is 6.53. The zero-order valence-electron chi connectivity index (χ0n) is 10.4. The van der Waals surface area contributed by atoms with Gasteiger partial charge in [0.05, 0.1) is 0 Å². The highest BCUT2D eigenvalue weighted by molar-refractivity contribution is 5.16. The summed E-state index contributed by atoms with van der Waals surface area (Å²) in [6.07, 6.45) is 4.10. The zero-order chi connectivity index (χ0) is 11.4. The first-order valence-corrected chi connectivity index (χ1v) is 6.53. The van der Waals surface area contributed by atoms with Crippen molar-refractivity contribution in [1.29, 1.82) is 0 Å². The Labute approximate surface area is 99.3 Å². The SMILES string of the molecule is CC(C)NCC1CCC1Cc1ccccc1. The highest BCUT2D eigenvalue weighted by atomic mass is 14.9. The van der Waals surface area contributed by atoms with Crippen LogP contribution in [0.1, 0.15) is 32.3 Å². The molecule has 0 heterocycles. The van der Waals surface area contributed by atoms with E-state index in [-0.39, 0.29) is 0 Å². The van der Waals surface area contributed by atoms with Crippen LogP contribution >= 0.6 is 0 Å². The summed E-state index contributed by atoms with van der Waals surface area (Å²) >= 11 is 0. The van der Waals surface area contributed by atoms with Gasteiger partial charge in [0.15, 0.2) is 0 Å². The van der Waals surface area contributed by atoms with E-state index in [9.17, 15) is 0 Å². The van der Waals surface area contributed by atoms with Gasteiger partial charge in [-0.25, -0.2) is 0 Å². The molecule has 0 aromatic heterocycles. The van der Waals surface area contributed by atoms with Gasteiger partial charge in [0.2, 0.25) is 0 Å². The lowest BCUT2D eigenvalue weighted by atomic mass is 9.70. The van der Waals surface area contributed by atoms with Gasteiger partial charge >= 0.3 is 0 Å².